The Morgan fingerprint density at radius 1 is 0.909 bits per heavy atom. The molecule has 0 aliphatic rings. The first kappa shape index (κ1) is 12.9. The van der Waals surface area contributed by atoms with Crippen molar-refractivity contribution in [3.05, 3.63) is 36.0 Å². The molecule has 0 heterocycles. The van der Waals surface area contributed by atoms with Crippen LogP contribution in [0.2, 0.25) is 0 Å². The first-order valence-corrected chi connectivity index (χ1v) is 4.20. The molecular weight excluding hydrogens is 132 g/mol. The van der Waals surface area contributed by atoms with Crippen molar-refractivity contribution in [3.8, 4) is 0 Å². The Morgan fingerprint density at radius 2 is 1.45 bits per heavy atom. The van der Waals surface area contributed by atoms with Gasteiger partial charge in [0.15, 0.2) is 0 Å². The van der Waals surface area contributed by atoms with Crippen molar-refractivity contribution in [2.24, 2.45) is 0 Å². The highest BCUT2D eigenvalue weighted by atomic mass is 13.7. The van der Waals surface area contributed by atoms with E-state index in [0.717, 1.165) is 0 Å². The van der Waals surface area contributed by atoms with Crippen LogP contribution in [0, 0.1) is 0 Å². The van der Waals surface area contributed by atoms with Gasteiger partial charge in [-0.25, -0.2) is 0 Å². The summed E-state index contributed by atoms with van der Waals surface area (Å²) >= 11 is 0. The second-order valence-electron chi connectivity index (χ2n) is 2.15. The molecule has 0 aromatic rings. The molecule has 0 unspecified atom stereocenters. The fraction of sp³-hybridized carbons (Fsp3) is 0.455. The zero-order valence-electron chi connectivity index (χ0n) is 8.39. The first-order chi connectivity index (χ1) is 5.27. The van der Waals surface area contributed by atoms with Gasteiger partial charge < -0.3 is 0 Å². The van der Waals surface area contributed by atoms with Crippen LogP contribution in [0.1, 0.15) is 34.6 Å². The van der Waals surface area contributed by atoms with Crippen LogP contribution in [-0.2, 0) is 0 Å². The minimum Gasteiger partial charge on any atom is -0.0877 e. The lowest BCUT2D eigenvalue weighted by molar-refractivity contribution is 1.39. The highest BCUT2D eigenvalue weighted by Crippen LogP contribution is 1.88. The van der Waals surface area contributed by atoms with Gasteiger partial charge in [0.2, 0.25) is 0 Å². The van der Waals surface area contributed by atoms with Crippen LogP contribution in [0.25, 0.3) is 0 Å². The van der Waals surface area contributed by atoms with Crippen molar-refractivity contribution in [2.45, 2.75) is 34.6 Å². The van der Waals surface area contributed by atoms with E-state index >= 15 is 0 Å². The fourth-order valence-corrected chi connectivity index (χ4v) is 0.423. The third-order valence-electron chi connectivity index (χ3n) is 0.844. The van der Waals surface area contributed by atoms with E-state index in [4.69, 9.17) is 0 Å². The fourth-order valence-electron chi connectivity index (χ4n) is 0.423. The van der Waals surface area contributed by atoms with Gasteiger partial charge in [-0.3, -0.25) is 0 Å². The van der Waals surface area contributed by atoms with Crippen LogP contribution in [0.4, 0.5) is 0 Å². The standard InChI is InChI=1S/C9H14.C2H6/c1-4-5-6-7-8-9(2)3;1-2/h4-8H,1-3H3;1-2H3/b5-4-,7-6-;. The average Bonchev–Trinajstić information content (AvgIpc) is 2.02. The van der Waals surface area contributed by atoms with Crippen molar-refractivity contribution in [3.63, 3.8) is 0 Å². The van der Waals surface area contributed by atoms with Crippen LogP contribution in [0.5, 0.6) is 0 Å². The summed E-state index contributed by atoms with van der Waals surface area (Å²) in [6.07, 6.45) is 10.2. The Kier molecular flexibility index (Phi) is 14.0. The lowest BCUT2D eigenvalue weighted by Gasteiger charge is -1.79. The lowest BCUT2D eigenvalue weighted by atomic mass is 10.3. The smallest absolute Gasteiger partial charge is 0.0439 e. The maximum Gasteiger partial charge on any atom is -0.0439 e. The normalized spacial score (nSPS) is 9.55. The maximum absolute atomic E-state index is 2.08. The molecule has 0 rings (SSSR count). The summed E-state index contributed by atoms with van der Waals surface area (Å²) in [5.41, 5.74) is 1.33. The van der Waals surface area contributed by atoms with Gasteiger partial charge in [-0.1, -0.05) is 49.8 Å². The predicted molar refractivity (Wildman–Crippen MR) is 54.7 cm³/mol. The minimum absolute atomic E-state index is 1.33. The second-order valence-corrected chi connectivity index (χ2v) is 2.15. The zero-order valence-corrected chi connectivity index (χ0v) is 8.39. The van der Waals surface area contributed by atoms with E-state index < -0.39 is 0 Å². The largest absolute Gasteiger partial charge is 0.0877 e. The van der Waals surface area contributed by atoms with Gasteiger partial charge in [-0.2, -0.15) is 0 Å². The molecule has 0 aliphatic heterocycles. The van der Waals surface area contributed by atoms with Gasteiger partial charge in [0.1, 0.15) is 0 Å². The van der Waals surface area contributed by atoms with Gasteiger partial charge in [0.05, 0.1) is 0 Å². The molecule has 0 radical (unpaired) electrons. The van der Waals surface area contributed by atoms with E-state index in [0.29, 0.717) is 0 Å². The molecule has 0 amide bonds. The highest BCUT2D eigenvalue weighted by molar-refractivity contribution is 5.13. The molecule has 0 aliphatic carbocycles. The number of rotatable bonds is 2. The summed E-state index contributed by atoms with van der Waals surface area (Å²) in [6.45, 7) is 10.2. The molecule has 0 atom stereocenters. The first-order valence-electron chi connectivity index (χ1n) is 4.20. The third kappa shape index (κ3) is 17.6. The molecule has 0 aromatic heterocycles. The minimum atomic E-state index is 1.33. The zero-order chi connectivity index (χ0) is 9.11. The SMILES string of the molecule is C/C=C\C=C/C=C(C)C.CC. The van der Waals surface area contributed by atoms with E-state index in [1.54, 1.807) is 0 Å². The van der Waals surface area contributed by atoms with Gasteiger partial charge in [0, 0.05) is 0 Å². The van der Waals surface area contributed by atoms with E-state index in [2.05, 4.69) is 19.9 Å². The van der Waals surface area contributed by atoms with E-state index in [-0.39, 0.29) is 0 Å². The molecule has 64 valence electrons. The van der Waals surface area contributed by atoms with Crippen LogP contribution >= 0.6 is 0 Å². The summed E-state index contributed by atoms with van der Waals surface area (Å²) in [5, 5.41) is 0. The van der Waals surface area contributed by atoms with E-state index in [1.165, 1.54) is 5.57 Å². The van der Waals surface area contributed by atoms with Crippen molar-refractivity contribution in [1.29, 1.82) is 0 Å². The van der Waals surface area contributed by atoms with Gasteiger partial charge in [-0.15, -0.1) is 0 Å². The molecule has 0 N–H and O–H groups in total. The molecule has 0 aromatic carbocycles. The summed E-state index contributed by atoms with van der Waals surface area (Å²) in [5.74, 6) is 0. The Balaban J connectivity index is 0. The third-order valence-corrected chi connectivity index (χ3v) is 0.844. The molecule has 0 spiro atoms. The number of hydrogen-bond donors (Lipinski definition) is 0. The summed E-state index contributed by atoms with van der Waals surface area (Å²) in [7, 11) is 0. The highest BCUT2D eigenvalue weighted by Gasteiger charge is 1.66. The monoisotopic (exact) mass is 152 g/mol. The molecule has 0 fully saturated rings. The van der Waals surface area contributed by atoms with E-state index in [9.17, 15) is 0 Å². The second kappa shape index (κ2) is 12.0. The topological polar surface area (TPSA) is 0 Å². The van der Waals surface area contributed by atoms with Crippen molar-refractivity contribution < 1.29 is 0 Å². The number of allylic oxidation sites excluding steroid dienone is 6. The van der Waals surface area contributed by atoms with Gasteiger partial charge in [0.25, 0.3) is 0 Å². The maximum atomic E-state index is 2.08. The van der Waals surface area contributed by atoms with E-state index in [1.807, 2.05) is 45.1 Å². The van der Waals surface area contributed by atoms with Crippen molar-refractivity contribution in [2.75, 3.05) is 0 Å². The van der Waals surface area contributed by atoms with Gasteiger partial charge in [-0.05, 0) is 20.8 Å². The molecule has 0 saturated heterocycles. The molecule has 0 bridgehead atoms. The Morgan fingerprint density at radius 3 is 1.82 bits per heavy atom. The Labute approximate surface area is 71.3 Å². The molecule has 11 heavy (non-hydrogen) atoms. The molecule has 0 nitrogen and oxygen atoms in total. The van der Waals surface area contributed by atoms with Crippen LogP contribution in [0.15, 0.2) is 36.0 Å². The summed E-state index contributed by atoms with van der Waals surface area (Å²) < 4.78 is 0. The van der Waals surface area contributed by atoms with Crippen LogP contribution < -0.4 is 0 Å². The molecule has 0 saturated carbocycles. The average molecular weight is 152 g/mol. The quantitative estimate of drug-likeness (QED) is 0.522. The Bertz CT molecular complexity index is 132. The van der Waals surface area contributed by atoms with Gasteiger partial charge >= 0.3 is 0 Å². The van der Waals surface area contributed by atoms with Crippen molar-refractivity contribution >= 4 is 0 Å². The molecular formula is C11H20. The number of hydrogen-bond acceptors (Lipinski definition) is 0. The van der Waals surface area contributed by atoms with Crippen molar-refractivity contribution in [1.82, 2.24) is 0 Å². The molecule has 0 heteroatoms. The lowest BCUT2D eigenvalue weighted by Crippen LogP contribution is -1.57. The predicted octanol–water partition coefficient (Wildman–Crippen LogP) is 4.11. The van der Waals surface area contributed by atoms with Crippen LogP contribution in [-0.4, -0.2) is 0 Å². The van der Waals surface area contributed by atoms with Crippen LogP contribution in [0.3, 0.4) is 0 Å². The Hall–Kier alpha value is -0.780. The summed E-state index contributed by atoms with van der Waals surface area (Å²) in [6, 6.07) is 0. The summed E-state index contributed by atoms with van der Waals surface area (Å²) in [4.78, 5) is 0.